The summed E-state index contributed by atoms with van der Waals surface area (Å²) in [6.45, 7) is 6.68. The van der Waals surface area contributed by atoms with Crippen molar-refractivity contribution in [2.75, 3.05) is 32.8 Å². The van der Waals surface area contributed by atoms with Crippen LogP contribution in [0.2, 0.25) is 5.02 Å². The van der Waals surface area contributed by atoms with Crippen LogP contribution in [-0.4, -0.2) is 41.3 Å². The molecule has 1 aromatic rings. The minimum atomic E-state index is -3.53. The number of ether oxygens (including phenoxy) is 1. The molecule has 2 rings (SSSR count). The lowest BCUT2D eigenvalue weighted by atomic mass is 10.2. The molecule has 1 heterocycles. The molecular weight excluding hydrogens is 312 g/mol. The van der Waals surface area contributed by atoms with Gasteiger partial charge in [-0.1, -0.05) is 11.6 Å². The average Bonchev–Trinajstić information content (AvgIpc) is 2.69. The van der Waals surface area contributed by atoms with E-state index < -0.39 is 10.0 Å². The van der Waals surface area contributed by atoms with E-state index in [0.29, 0.717) is 30.3 Å². The second-order valence-corrected chi connectivity index (χ2v) is 7.51. The van der Waals surface area contributed by atoms with Crippen molar-refractivity contribution in [3.05, 3.63) is 28.3 Å². The summed E-state index contributed by atoms with van der Waals surface area (Å²) in [5.74, 6) is 0.135. The number of hydrogen-bond acceptors (Lipinski definition) is 4. The van der Waals surface area contributed by atoms with E-state index >= 15 is 0 Å². The summed E-state index contributed by atoms with van der Waals surface area (Å²) in [5, 5.41) is 3.80. The fraction of sp³-hybridized carbons (Fsp3) is 0.571. The van der Waals surface area contributed by atoms with Crippen LogP contribution >= 0.6 is 11.6 Å². The van der Waals surface area contributed by atoms with Crippen molar-refractivity contribution in [1.82, 2.24) is 10.0 Å². The number of benzene rings is 1. The van der Waals surface area contributed by atoms with E-state index in [1.54, 1.807) is 26.0 Å². The van der Waals surface area contributed by atoms with Gasteiger partial charge in [-0.3, -0.25) is 0 Å². The van der Waals surface area contributed by atoms with Gasteiger partial charge in [0.1, 0.15) is 0 Å². The SMILES string of the molecule is Cc1cc(S(=O)(=O)NCC2CNCCOC2)c(C)cc1Cl. The molecule has 1 unspecified atom stereocenters. The Morgan fingerprint density at radius 3 is 2.90 bits per heavy atom. The Kier molecular flexibility index (Phi) is 5.62. The molecule has 1 atom stereocenters. The van der Waals surface area contributed by atoms with Crippen LogP contribution in [0.1, 0.15) is 11.1 Å². The third kappa shape index (κ3) is 4.40. The molecule has 2 N–H and O–H groups in total. The first-order chi connectivity index (χ1) is 9.90. The molecule has 1 aliphatic heterocycles. The Labute approximate surface area is 131 Å². The van der Waals surface area contributed by atoms with Gasteiger partial charge in [0.05, 0.1) is 18.1 Å². The number of rotatable bonds is 4. The van der Waals surface area contributed by atoms with E-state index in [-0.39, 0.29) is 10.8 Å². The van der Waals surface area contributed by atoms with Gasteiger partial charge >= 0.3 is 0 Å². The Bertz CT molecular complexity index is 596. The van der Waals surface area contributed by atoms with Crippen LogP contribution in [0.5, 0.6) is 0 Å². The summed E-state index contributed by atoms with van der Waals surface area (Å²) in [7, 11) is -3.53. The van der Waals surface area contributed by atoms with Gasteiger partial charge in [0.15, 0.2) is 0 Å². The Hall–Kier alpha value is -0.660. The Balaban J connectivity index is 2.09. The third-order valence-electron chi connectivity index (χ3n) is 3.52. The van der Waals surface area contributed by atoms with Gasteiger partial charge in [0, 0.05) is 30.6 Å². The summed E-state index contributed by atoms with van der Waals surface area (Å²) in [5.41, 5.74) is 1.40. The van der Waals surface area contributed by atoms with Gasteiger partial charge in [-0.25, -0.2) is 13.1 Å². The third-order valence-corrected chi connectivity index (χ3v) is 5.49. The first-order valence-corrected chi connectivity index (χ1v) is 8.81. The maximum absolute atomic E-state index is 12.4. The standard InChI is InChI=1S/C14H21ClN2O3S/c1-10-6-14(11(2)5-13(10)15)21(18,19)17-8-12-7-16-3-4-20-9-12/h5-6,12,16-17H,3-4,7-9H2,1-2H3. The molecule has 7 heteroatoms. The van der Waals surface area contributed by atoms with Gasteiger partial charge in [0.2, 0.25) is 10.0 Å². The zero-order valence-corrected chi connectivity index (χ0v) is 13.9. The lowest BCUT2D eigenvalue weighted by Crippen LogP contribution is -2.35. The molecule has 0 radical (unpaired) electrons. The maximum Gasteiger partial charge on any atom is 0.240 e. The number of sulfonamides is 1. The predicted octanol–water partition coefficient (Wildman–Crippen LogP) is 1.47. The molecule has 0 amide bonds. The molecule has 1 saturated heterocycles. The normalized spacial score (nSPS) is 20.2. The molecule has 0 aromatic heterocycles. The van der Waals surface area contributed by atoms with Gasteiger partial charge in [-0.05, 0) is 37.1 Å². The minimum Gasteiger partial charge on any atom is -0.380 e. The summed E-state index contributed by atoms with van der Waals surface area (Å²) in [6, 6.07) is 3.30. The molecule has 1 aliphatic rings. The largest absolute Gasteiger partial charge is 0.380 e. The zero-order chi connectivity index (χ0) is 15.5. The summed E-state index contributed by atoms with van der Waals surface area (Å²) < 4.78 is 33.0. The highest BCUT2D eigenvalue weighted by molar-refractivity contribution is 7.89. The Morgan fingerprint density at radius 2 is 2.14 bits per heavy atom. The van der Waals surface area contributed by atoms with Crippen molar-refractivity contribution in [2.45, 2.75) is 18.7 Å². The average molecular weight is 333 g/mol. The summed E-state index contributed by atoms with van der Waals surface area (Å²) in [6.07, 6.45) is 0. The molecular formula is C14H21ClN2O3S. The highest BCUT2D eigenvalue weighted by Crippen LogP contribution is 2.23. The number of nitrogens with one attached hydrogen (secondary N) is 2. The van der Waals surface area contributed by atoms with E-state index in [4.69, 9.17) is 16.3 Å². The van der Waals surface area contributed by atoms with Crippen molar-refractivity contribution < 1.29 is 13.2 Å². The van der Waals surface area contributed by atoms with E-state index in [1.807, 2.05) is 0 Å². The van der Waals surface area contributed by atoms with Crippen molar-refractivity contribution in [1.29, 1.82) is 0 Å². The smallest absolute Gasteiger partial charge is 0.240 e. The molecule has 1 aromatic carbocycles. The van der Waals surface area contributed by atoms with Crippen LogP contribution in [0, 0.1) is 19.8 Å². The van der Waals surface area contributed by atoms with Crippen molar-refractivity contribution in [3.63, 3.8) is 0 Å². The second-order valence-electron chi connectivity index (χ2n) is 5.36. The first kappa shape index (κ1) is 16.7. The monoisotopic (exact) mass is 332 g/mol. The summed E-state index contributed by atoms with van der Waals surface area (Å²) in [4.78, 5) is 0.284. The molecule has 1 fully saturated rings. The minimum absolute atomic E-state index is 0.135. The van der Waals surface area contributed by atoms with Gasteiger partial charge < -0.3 is 10.1 Å². The summed E-state index contributed by atoms with van der Waals surface area (Å²) >= 11 is 6.01. The van der Waals surface area contributed by atoms with Crippen LogP contribution in [0.4, 0.5) is 0 Å². The Morgan fingerprint density at radius 1 is 1.38 bits per heavy atom. The quantitative estimate of drug-likeness (QED) is 0.876. The van der Waals surface area contributed by atoms with E-state index in [2.05, 4.69) is 10.0 Å². The highest BCUT2D eigenvalue weighted by Gasteiger charge is 2.20. The van der Waals surface area contributed by atoms with Crippen molar-refractivity contribution >= 4 is 21.6 Å². The molecule has 0 aliphatic carbocycles. The topological polar surface area (TPSA) is 67.4 Å². The highest BCUT2D eigenvalue weighted by atomic mass is 35.5. The number of hydrogen-bond donors (Lipinski definition) is 2. The maximum atomic E-state index is 12.4. The predicted molar refractivity (Wildman–Crippen MR) is 83.3 cm³/mol. The van der Waals surface area contributed by atoms with Crippen LogP contribution < -0.4 is 10.0 Å². The van der Waals surface area contributed by atoms with Crippen molar-refractivity contribution in [3.8, 4) is 0 Å². The molecule has 0 spiro atoms. The molecule has 0 saturated carbocycles. The molecule has 118 valence electrons. The van der Waals surface area contributed by atoms with E-state index in [1.165, 1.54) is 0 Å². The molecule has 0 bridgehead atoms. The van der Waals surface area contributed by atoms with E-state index in [0.717, 1.165) is 18.7 Å². The van der Waals surface area contributed by atoms with E-state index in [9.17, 15) is 8.42 Å². The van der Waals surface area contributed by atoms with Gasteiger partial charge in [-0.15, -0.1) is 0 Å². The van der Waals surface area contributed by atoms with Crippen molar-refractivity contribution in [2.24, 2.45) is 5.92 Å². The van der Waals surface area contributed by atoms with Crippen LogP contribution in [0.25, 0.3) is 0 Å². The lowest BCUT2D eigenvalue weighted by molar-refractivity contribution is 0.124. The first-order valence-electron chi connectivity index (χ1n) is 6.95. The fourth-order valence-electron chi connectivity index (χ4n) is 2.24. The van der Waals surface area contributed by atoms with Crippen LogP contribution in [0.15, 0.2) is 17.0 Å². The number of aryl methyl sites for hydroxylation is 2. The lowest BCUT2D eigenvalue weighted by Gasteiger charge is -2.16. The molecule has 21 heavy (non-hydrogen) atoms. The van der Waals surface area contributed by atoms with Gasteiger partial charge in [0.25, 0.3) is 0 Å². The van der Waals surface area contributed by atoms with Crippen LogP contribution in [0.3, 0.4) is 0 Å². The molecule has 5 nitrogen and oxygen atoms in total. The fourth-order valence-corrected chi connectivity index (χ4v) is 3.88. The van der Waals surface area contributed by atoms with Gasteiger partial charge in [-0.2, -0.15) is 0 Å². The zero-order valence-electron chi connectivity index (χ0n) is 12.3. The van der Waals surface area contributed by atoms with Crippen LogP contribution in [-0.2, 0) is 14.8 Å². The second kappa shape index (κ2) is 7.07. The number of halogens is 1.